The second-order valence-corrected chi connectivity index (χ2v) is 7.92. The number of aromatic nitrogens is 1. The van der Waals surface area contributed by atoms with E-state index >= 15 is 0 Å². The molecule has 0 atom stereocenters. The molecule has 29 heavy (non-hydrogen) atoms. The van der Waals surface area contributed by atoms with E-state index < -0.39 is 5.97 Å². The molecule has 1 aromatic heterocycles. The predicted molar refractivity (Wildman–Crippen MR) is 115 cm³/mol. The number of benzene rings is 2. The van der Waals surface area contributed by atoms with Crippen LogP contribution in [-0.2, 0) is 22.5 Å². The molecule has 148 valence electrons. The van der Waals surface area contributed by atoms with Crippen molar-refractivity contribution in [1.29, 1.82) is 0 Å². The summed E-state index contributed by atoms with van der Waals surface area (Å²) in [5, 5.41) is 0. The van der Waals surface area contributed by atoms with E-state index in [1.807, 2.05) is 25.3 Å². The molecule has 0 aliphatic rings. The first-order valence-corrected chi connectivity index (χ1v) is 9.95. The topological polar surface area (TPSA) is 60.7 Å². The maximum Gasteiger partial charge on any atom is 0.337 e. The van der Waals surface area contributed by atoms with Gasteiger partial charge in [0.1, 0.15) is 0 Å². The van der Waals surface area contributed by atoms with Gasteiger partial charge in [0.05, 0.1) is 35.9 Å². The molecule has 3 aromatic rings. The number of methoxy groups -OCH3 is 1. The lowest BCUT2D eigenvalue weighted by atomic mass is 9.97. The molecule has 0 fully saturated rings. The number of terminal acetylenes is 1. The van der Waals surface area contributed by atoms with Crippen molar-refractivity contribution in [3.63, 3.8) is 0 Å². The van der Waals surface area contributed by atoms with Gasteiger partial charge in [0.15, 0.2) is 4.80 Å². The highest BCUT2D eigenvalue weighted by molar-refractivity contribution is 7.16. The number of hydrogen-bond donors (Lipinski definition) is 0. The minimum atomic E-state index is -0.413. The van der Waals surface area contributed by atoms with Crippen LogP contribution in [0.2, 0.25) is 0 Å². The number of esters is 1. The number of nitrogens with zero attached hydrogens (tertiary/aromatic N) is 2. The lowest BCUT2D eigenvalue weighted by Gasteiger charge is -2.09. The second kappa shape index (κ2) is 8.46. The number of rotatable bonds is 4. The van der Waals surface area contributed by atoms with Gasteiger partial charge in [-0.05, 0) is 55.7 Å². The number of ether oxygens (including phenoxy) is 1. The van der Waals surface area contributed by atoms with Crippen molar-refractivity contribution in [3.05, 3.63) is 63.0 Å². The first kappa shape index (κ1) is 20.6. The summed E-state index contributed by atoms with van der Waals surface area (Å²) < 4.78 is 7.41. The highest BCUT2D eigenvalue weighted by Crippen LogP contribution is 2.20. The van der Waals surface area contributed by atoms with Crippen LogP contribution in [0.25, 0.3) is 10.2 Å². The fourth-order valence-electron chi connectivity index (χ4n) is 3.43. The van der Waals surface area contributed by atoms with E-state index in [0.717, 1.165) is 26.9 Å². The Morgan fingerprint density at radius 1 is 1.17 bits per heavy atom. The molecule has 0 aliphatic heterocycles. The van der Waals surface area contributed by atoms with Gasteiger partial charge in [-0.2, -0.15) is 4.99 Å². The van der Waals surface area contributed by atoms with Crippen molar-refractivity contribution in [2.24, 2.45) is 4.99 Å². The van der Waals surface area contributed by atoms with E-state index in [0.29, 0.717) is 10.4 Å². The first-order valence-electron chi connectivity index (χ1n) is 9.13. The van der Waals surface area contributed by atoms with Crippen molar-refractivity contribution < 1.29 is 14.3 Å². The third-order valence-electron chi connectivity index (χ3n) is 4.74. The van der Waals surface area contributed by atoms with E-state index in [2.05, 4.69) is 23.0 Å². The highest BCUT2D eigenvalue weighted by Gasteiger charge is 2.13. The van der Waals surface area contributed by atoms with Gasteiger partial charge in [-0.25, -0.2) is 4.79 Å². The van der Waals surface area contributed by atoms with Crippen LogP contribution in [0.15, 0.2) is 35.3 Å². The Balaban J connectivity index is 2.04. The molecule has 1 heterocycles. The van der Waals surface area contributed by atoms with Gasteiger partial charge >= 0.3 is 5.97 Å². The minimum Gasteiger partial charge on any atom is -0.465 e. The molecule has 3 rings (SSSR count). The summed E-state index contributed by atoms with van der Waals surface area (Å²) in [6, 6.07) is 9.35. The van der Waals surface area contributed by atoms with E-state index in [4.69, 9.17) is 11.2 Å². The van der Waals surface area contributed by atoms with Gasteiger partial charge in [-0.1, -0.05) is 35.0 Å². The Morgan fingerprint density at radius 3 is 2.48 bits per heavy atom. The average Bonchev–Trinajstić information content (AvgIpc) is 3.00. The molecule has 6 heteroatoms. The third-order valence-corrected chi connectivity index (χ3v) is 5.78. The zero-order chi connectivity index (χ0) is 21.1. The minimum absolute atomic E-state index is 0.231. The normalized spacial score (nSPS) is 11.5. The van der Waals surface area contributed by atoms with Crippen LogP contribution < -0.4 is 4.80 Å². The molecule has 1 amide bonds. The van der Waals surface area contributed by atoms with Gasteiger partial charge in [0.25, 0.3) is 5.91 Å². The fraction of sp³-hybridized carbons (Fsp3) is 0.261. The van der Waals surface area contributed by atoms with Crippen molar-refractivity contribution in [2.75, 3.05) is 7.11 Å². The van der Waals surface area contributed by atoms with Gasteiger partial charge in [-0.15, -0.1) is 6.42 Å². The Morgan fingerprint density at radius 2 is 1.86 bits per heavy atom. The van der Waals surface area contributed by atoms with Crippen LogP contribution in [0, 0.1) is 33.1 Å². The molecule has 0 radical (unpaired) electrons. The zero-order valence-corrected chi connectivity index (χ0v) is 17.7. The van der Waals surface area contributed by atoms with Crippen LogP contribution in [-0.4, -0.2) is 23.6 Å². The Labute approximate surface area is 173 Å². The quantitative estimate of drug-likeness (QED) is 0.490. The lowest BCUT2D eigenvalue weighted by Crippen LogP contribution is -2.17. The molecule has 0 saturated heterocycles. The van der Waals surface area contributed by atoms with Gasteiger partial charge in [0, 0.05) is 0 Å². The van der Waals surface area contributed by atoms with E-state index in [1.54, 1.807) is 18.2 Å². The van der Waals surface area contributed by atoms with Crippen molar-refractivity contribution >= 4 is 33.4 Å². The third kappa shape index (κ3) is 4.30. The fourth-order valence-corrected chi connectivity index (χ4v) is 4.52. The van der Waals surface area contributed by atoms with Gasteiger partial charge in [0.2, 0.25) is 0 Å². The monoisotopic (exact) mass is 406 g/mol. The van der Waals surface area contributed by atoms with E-state index in [1.165, 1.54) is 24.0 Å². The standard InChI is InChI=1S/C23H22N2O3S/c1-6-9-25-19-8-7-17(22(27)28-5)12-20(19)29-23(25)24-21(26)13-18-15(3)10-14(2)11-16(18)4/h1,7-8,10-12H,9,13H2,2-5H3. The SMILES string of the molecule is C#CCn1c(=NC(=O)Cc2c(C)cc(C)cc2C)sc2cc(C(=O)OC)ccc21. The second-order valence-electron chi connectivity index (χ2n) is 6.91. The van der Waals surface area contributed by atoms with E-state index in [9.17, 15) is 9.59 Å². The summed E-state index contributed by atoms with van der Waals surface area (Å²) in [6.45, 7) is 6.34. The summed E-state index contributed by atoms with van der Waals surface area (Å²) in [5.41, 5.74) is 5.61. The Kier molecular flexibility index (Phi) is 6.00. The predicted octanol–water partition coefficient (Wildman–Crippen LogP) is 3.72. The number of amides is 1. The average molecular weight is 407 g/mol. The smallest absolute Gasteiger partial charge is 0.337 e. The molecule has 0 N–H and O–H groups in total. The van der Waals surface area contributed by atoms with Crippen LogP contribution in [0.5, 0.6) is 0 Å². The number of aryl methyl sites for hydroxylation is 3. The maximum atomic E-state index is 12.7. The summed E-state index contributed by atoms with van der Waals surface area (Å²) in [6.07, 6.45) is 5.75. The molecule has 0 aliphatic carbocycles. The Bertz CT molecular complexity index is 1200. The van der Waals surface area contributed by atoms with Crippen LogP contribution >= 0.6 is 11.3 Å². The van der Waals surface area contributed by atoms with Gasteiger partial charge < -0.3 is 9.30 Å². The lowest BCUT2D eigenvalue weighted by molar-refractivity contribution is -0.117. The molecular weight excluding hydrogens is 384 g/mol. The van der Waals surface area contributed by atoms with Crippen molar-refractivity contribution in [3.8, 4) is 12.3 Å². The number of carbonyl (C=O) groups excluding carboxylic acids is 2. The molecule has 5 nitrogen and oxygen atoms in total. The molecule has 0 unspecified atom stereocenters. The number of hydrogen-bond acceptors (Lipinski definition) is 4. The summed E-state index contributed by atoms with van der Waals surface area (Å²) >= 11 is 1.33. The molecular formula is C23H22N2O3S. The number of carbonyl (C=O) groups is 2. The van der Waals surface area contributed by atoms with Crippen LogP contribution in [0.3, 0.4) is 0 Å². The summed E-state index contributed by atoms with van der Waals surface area (Å²) in [5.74, 6) is 1.96. The molecule has 0 spiro atoms. The number of thiazole rings is 1. The largest absolute Gasteiger partial charge is 0.465 e. The first-order chi connectivity index (χ1) is 13.8. The van der Waals surface area contributed by atoms with Crippen molar-refractivity contribution in [2.45, 2.75) is 33.7 Å². The van der Waals surface area contributed by atoms with Gasteiger partial charge in [-0.3, -0.25) is 4.79 Å². The molecule has 0 saturated carbocycles. The number of fused-ring (bicyclic) bond motifs is 1. The van der Waals surface area contributed by atoms with E-state index in [-0.39, 0.29) is 18.9 Å². The summed E-state index contributed by atoms with van der Waals surface area (Å²) in [4.78, 5) is 29.4. The zero-order valence-electron chi connectivity index (χ0n) is 16.9. The summed E-state index contributed by atoms with van der Waals surface area (Å²) in [7, 11) is 1.34. The molecule has 2 aromatic carbocycles. The molecule has 0 bridgehead atoms. The van der Waals surface area contributed by atoms with Crippen molar-refractivity contribution in [1.82, 2.24) is 4.57 Å². The maximum absolute atomic E-state index is 12.7. The van der Waals surface area contributed by atoms with Crippen LogP contribution in [0.1, 0.15) is 32.6 Å². The highest BCUT2D eigenvalue weighted by atomic mass is 32.1. The Hall–Kier alpha value is -3.17. The van der Waals surface area contributed by atoms with Crippen LogP contribution in [0.4, 0.5) is 0 Å².